The molecule has 1 fully saturated rings. The van der Waals surface area contributed by atoms with Crippen molar-refractivity contribution in [3.63, 3.8) is 0 Å². The Morgan fingerprint density at radius 3 is 2.43 bits per heavy atom. The first-order valence-electron chi connectivity index (χ1n) is 4.55. The van der Waals surface area contributed by atoms with Crippen molar-refractivity contribution in [2.75, 3.05) is 18.8 Å². The van der Waals surface area contributed by atoms with Crippen LogP contribution in [-0.2, 0) is 0 Å². The smallest absolute Gasteiger partial charge is 0.389 e. The maximum Gasteiger partial charge on any atom is 0.441 e. The fourth-order valence-electron chi connectivity index (χ4n) is 1.32. The SMILES string of the molecule is OC1(CNCCSC(F)(F)F)CCC1. The third-order valence-corrected chi connectivity index (χ3v) is 3.02. The maximum absolute atomic E-state index is 11.7. The van der Waals surface area contributed by atoms with Crippen LogP contribution in [0.15, 0.2) is 0 Å². The fraction of sp³-hybridized carbons (Fsp3) is 1.00. The van der Waals surface area contributed by atoms with E-state index in [0.29, 0.717) is 6.54 Å². The number of nitrogens with one attached hydrogen (secondary N) is 1. The van der Waals surface area contributed by atoms with Crippen molar-refractivity contribution >= 4 is 11.8 Å². The second-order valence-electron chi connectivity index (χ2n) is 3.55. The number of thioether (sulfide) groups is 1. The molecule has 0 amide bonds. The van der Waals surface area contributed by atoms with Gasteiger partial charge in [0, 0.05) is 18.8 Å². The van der Waals surface area contributed by atoms with E-state index in [9.17, 15) is 18.3 Å². The molecule has 2 N–H and O–H groups in total. The normalized spacial score (nSPS) is 20.6. The molecule has 6 heteroatoms. The molecule has 0 atom stereocenters. The Balaban J connectivity index is 1.94. The standard InChI is InChI=1S/C8H14F3NOS/c9-8(10,11)14-5-4-12-6-7(13)2-1-3-7/h12-13H,1-6H2. The van der Waals surface area contributed by atoms with Crippen molar-refractivity contribution in [1.82, 2.24) is 5.32 Å². The Morgan fingerprint density at radius 1 is 1.36 bits per heavy atom. The van der Waals surface area contributed by atoms with E-state index in [1.54, 1.807) is 0 Å². The second kappa shape index (κ2) is 4.72. The third-order valence-electron chi connectivity index (χ3n) is 2.28. The van der Waals surface area contributed by atoms with Gasteiger partial charge in [0.25, 0.3) is 0 Å². The summed E-state index contributed by atoms with van der Waals surface area (Å²) in [5.41, 5.74) is -4.79. The van der Waals surface area contributed by atoms with Crippen LogP contribution in [0.4, 0.5) is 13.2 Å². The van der Waals surface area contributed by atoms with Crippen LogP contribution in [0.25, 0.3) is 0 Å². The van der Waals surface area contributed by atoms with Crippen molar-refractivity contribution in [3.05, 3.63) is 0 Å². The van der Waals surface area contributed by atoms with Crippen LogP contribution in [0.5, 0.6) is 0 Å². The Bertz CT molecular complexity index is 182. The molecule has 0 unspecified atom stereocenters. The highest BCUT2D eigenvalue weighted by molar-refractivity contribution is 8.00. The first-order chi connectivity index (χ1) is 6.41. The zero-order valence-corrected chi connectivity index (χ0v) is 8.55. The molecule has 1 aliphatic rings. The monoisotopic (exact) mass is 229 g/mol. The van der Waals surface area contributed by atoms with Crippen molar-refractivity contribution < 1.29 is 18.3 Å². The van der Waals surface area contributed by atoms with Crippen LogP contribution in [0, 0.1) is 0 Å². The lowest BCUT2D eigenvalue weighted by Gasteiger charge is -2.36. The Morgan fingerprint density at radius 2 is 2.00 bits per heavy atom. The molecule has 1 aliphatic carbocycles. The van der Waals surface area contributed by atoms with Crippen molar-refractivity contribution in [2.24, 2.45) is 0 Å². The van der Waals surface area contributed by atoms with Crippen molar-refractivity contribution in [1.29, 1.82) is 0 Å². The summed E-state index contributed by atoms with van der Waals surface area (Å²) in [6, 6.07) is 0. The van der Waals surface area contributed by atoms with Crippen LogP contribution in [0.3, 0.4) is 0 Å². The molecule has 1 rings (SSSR count). The fourth-order valence-corrected chi connectivity index (χ4v) is 1.80. The largest absolute Gasteiger partial charge is 0.441 e. The highest BCUT2D eigenvalue weighted by atomic mass is 32.2. The molecule has 2 nitrogen and oxygen atoms in total. The predicted octanol–water partition coefficient (Wildman–Crippen LogP) is 1.74. The Hall–Kier alpha value is 0.0600. The predicted molar refractivity (Wildman–Crippen MR) is 50.2 cm³/mol. The third kappa shape index (κ3) is 4.52. The lowest BCUT2D eigenvalue weighted by molar-refractivity contribution is -0.0331. The van der Waals surface area contributed by atoms with Gasteiger partial charge in [-0.15, -0.1) is 0 Å². The van der Waals surface area contributed by atoms with E-state index in [4.69, 9.17) is 0 Å². The summed E-state index contributed by atoms with van der Waals surface area (Å²) >= 11 is -0.0344. The van der Waals surface area contributed by atoms with Gasteiger partial charge in [0.2, 0.25) is 0 Å². The highest BCUT2D eigenvalue weighted by Crippen LogP contribution is 2.31. The van der Waals surface area contributed by atoms with Crippen LogP contribution in [-0.4, -0.2) is 35.1 Å². The molecular formula is C8H14F3NOS. The molecule has 0 aromatic rings. The molecule has 84 valence electrons. The maximum atomic E-state index is 11.7. The minimum absolute atomic E-state index is 0.000417. The minimum Gasteiger partial charge on any atom is -0.389 e. The average molecular weight is 229 g/mol. The van der Waals surface area contributed by atoms with Crippen LogP contribution >= 0.6 is 11.8 Å². The molecule has 1 saturated carbocycles. The van der Waals surface area contributed by atoms with Crippen LogP contribution in [0.2, 0.25) is 0 Å². The molecule has 0 heterocycles. The second-order valence-corrected chi connectivity index (χ2v) is 4.71. The Kier molecular flexibility index (Phi) is 4.09. The van der Waals surface area contributed by atoms with Gasteiger partial charge in [0.1, 0.15) is 0 Å². The summed E-state index contributed by atoms with van der Waals surface area (Å²) in [4.78, 5) is 0. The minimum atomic E-state index is -4.14. The number of rotatable bonds is 5. The number of hydrogen-bond acceptors (Lipinski definition) is 3. The quantitative estimate of drug-likeness (QED) is 0.704. The summed E-state index contributed by atoms with van der Waals surface area (Å²) in [5.74, 6) is -0.000417. The van der Waals surface area contributed by atoms with Gasteiger partial charge in [0.15, 0.2) is 0 Å². The molecular weight excluding hydrogens is 215 g/mol. The van der Waals surface area contributed by atoms with Crippen molar-refractivity contribution in [3.8, 4) is 0 Å². The van der Waals surface area contributed by atoms with Crippen LogP contribution < -0.4 is 5.32 Å². The van der Waals surface area contributed by atoms with Crippen LogP contribution in [0.1, 0.15) is 19.3 Å². The molecule has 0 radical (unpaired) electrons. The van der Waals surface area contributed by atoms with E-state index >= 15 is 0 Å². The lowest BCUT2D eigenvalue weighted by atomic mass is 9.80. The van der Waals surface area contributed by atoms with Gasteiger partial charge in [-0.25, -0.2) is 0 Å². The van der Waals surface area contributed by atoms with Gasteiger partial charge in [-0.2, -0.15) is 13.2 Å². The summed E-state index contributed by atoms with van der Waals surface area (Å²) in [5, 5.41) is 12.4. The molecule has 0 aromatic heterocycles. The van der Waals surface area contributed by atoms with Gasteiger partial charge in [-0.3, -0.25) is 0 Å². The summed E-state index contributed by atoms with van der Waals surface area (Å²) < 4.78 is 35.0. The van der Waals surface area contributed by atoms with E-state index in [1.165, 1.54) is 0 Å². The number of halogens is 3. The van der Waals surface area contributed by atoms with E-state index < -0.39 is 11.1 Å². The lowest BCUT2D eigenvalue weighted by Crippen LogP contribution is -2.46. The van der Waals surface area contributed by atoms with E-state index in [0.717, 1.165) is 19.3 Å². The number of alkyl halides is 3. The molecule has 14 heavy (non-hydrogen) atoms. The summed E-state index contributed by atoms with van der Waals surface area (Å²) in [7, 11) is 0. The topological polar surface area (TPSA) is 32.3 Å². The summed E-state index contributed by atoms with van der Waals surface area (Å²) in [6.45, 7) is 0.692. The summed E-state index contributed by atoms with van der Waals surface area (Å²) in [6.07, 6.45) is 2.52. The number of hydrogen-bond donors (Lipinski definition) is 2. The molecule has 0 aromatic carbocycles. The Labute approximate surface area is 85.3 Å². The van der Waals surface area contributed by atoms with Gasteiger partial charge < -0.3 is 10.4 Å². The first-order valence-corrected chi connectivity index (χ1v) is 5.54. The molecule has 0 bridgehead atoms. The molecule has 0 saturated heterocycles. The number of aliphatic hydroxyl groups is 1. The van der Waals surface area contributed by atoms with Crippen molar-refractivity contribution in [2.45, 2.75) is 30.4 Å². The first kappa shape index (κ1) is 12.1. The molecule has 0 aliphatic heterocycles. The van der Waals surface area contributed by atoms with E-state index in [2.05, 4.69) is 5.32 Å². The van der Waals surface area contributed by atoms with E-state index in [1.807, 2.05) is 0 Å². The van der Waals surface area contributed by atoms with Gasteiger partial charge in [-0.1, -0.05) is 0 Å². The average Bonchev–Trinajstić information content (AvgIpc) is 1.98. The van der Waals surface area contributed by atoms with Gasteiger partial charge in [-0.05, 0) is 31.0 Å². The van der Waals surface area contributed by atoms with Gasteiger partial charge in [0.05, 0.1) is 5.60 Å². The van der Waals surface area contributed by atoms with E-state index in [-0.39, 0.29) is 24.1 Å². The zero-order valence-electron chi connectivity index (χ0n) is 7.73. The van der Waals surface area contributed by atoms with Gasteiger partial charge >= 0.3 is 5.51 Å². The highest BCUT2D eigenvalue weighted by Gasteiger charge is 2.33. The zero-order chi connectivity index (χ0) is 10.7. The molecule has 0 spiro atoms.